The number of thioether (sulfide) groups is 1. The number of hydrogen-bond donors (Lipinski definition) is 0. The molecular weight excluding hydrogens is 608 g/mol. The summed E-state index contributed by atoms with van der Waals surface area (Å²) < 4.78 is 7.51. The smallest absolute Gasteiger partial charge is 0.294 e. The lowest BCUT2D eigenvalue weighted by atomic mass is 10.1. The second-order valence-corrected chi connectivity index (χ2v) is 11.3. The van der Waals surface area contributed by atoms with Gasteiger partial charge in [-0.3, -0.25) is 19.3 Å². The molecule has 0 spiro atoms. The molecule has 0 aromatic heterocycles. The van der Waals surface area contributed by atoms with Gasteiger partial charge in [0.2, 0.25) is 5.91 Å². The number of benzene rings is 3. The van der Waals surface area contributed by atoms with Gasteiger partial charge in [-0.1, -0.05) is 36.4 Å². The van der Waals surface area contributed by atoms with Crippen LogP contribution >= 0.6 is 43.6 Å². The van der Waals surface area contributed by atoms with Crippen molar-refractivity contribution in [2.24, 2.45) is 0 Å². The Morgan fingerprint density at radius 1 is 0.972 bits per heavy atom. The lowest BCUT2D eigenvalue weighted by molar-refractivity contribution is -0.135. The quantitative estimate of drug-likeness (QED) is 0.287. The Morgan fingerprint density at radius 3 is 2.39 bits per heavy atom. The fraction of sp³-hybridized carbons (Fsp3) is 0.222. The highest BCUT2D eigenvalue weighted by molar-refractivity contribution is 9.11. The number of amides is 3. The second kappa shape index (κ2) is 10.8. The van der Waals surface area contributed by atoms with Crippen molar-refractivity contribution < 1.29 is 19.1 Å². The molecule has 0 radical (unpaired) electrons. The van der Waals surface area contributed by atoms with Gasteiger partial charge < -0.3 is 9.64 Å². The summed E-state index contributed by atoms with van der Waals surface area (Å²) >= 11 is 7.98. The summed E-state index contributed by atoms with van der Waals surface area (Å²) in [5, 5.41) is 1.91. The van der Waals surface area contributed by atoms with Gasteiger partial charge in [0.05, 0.1) is 13.9 Å². The van der Waals surface area contributed by atoms with E-state index in [1.807, 2.05) is 30.3 Å². The maximum atomic E-state index is 12.9. The van der Waals surface area contributed by atoms with Gasteiger partial charge in [-0.2, -0.15) is 0 Å². The van der Waals surface area contributed by atoms with Gasteiger partial charge in [-0.15, -0.1) is 0 Å². The number of carbonyl (C=O) groups excluding carboxylic acids is 3. The first-order valence-electron chi connectivity index (χ1n) is 11.5. The van der Waals surface area contributed by atoms with Crippen LogP contribution in [-0.4, -0.2) is 46.5 Å². The number of carbonyl (C=O) groups is 3. The van der Waals surface area contributed by atoms with E-state index in [1.54, 1.807) is 11.0 Å². The highest BCUT2D eigenvalue weighted by atomic mass is 79.9. The highest BCUT2D eigenvalue weighted by Gasteiger charge is 2.37. The summed E-state index contributed by atoms with van der Waals surface area (Å²) in [6.07, 6.45) is 3.58. The Labute approximate surface area is 229 Å². The lowest BCUT2D eigenvalue weighted by Crippen LogP contribution is -2.40. The van der Waals surface area contributed by atoms with Crippen molar-refractivity contribution in [2.75, 3.05) is 19.6 Å². The molecule has 0 atom stereocenters. The SMILES string of the molecule is O=C(CN1C(=O)S/C(=C/c2cc(Br)c(OCc3ccc4ccccc4c3)c(Br)c2)C1=O)N1CCCC1. The minimum Gasteiger partial charge on any atom is -0.487 e. The summed E-state index contributed by atoms with van der Waals surface area (Å²) in [7, 11) is 0. The van der Waals surface area contributed by atoms with Gasteiger partial charge in [0.1, 0.15) is 18.9 Å². The van der Waals surface area contributed by atoms with E-state index in [-0.39, 0.29) is 17.4 Å². The number of ether oxygens (including phenoxy) is 1. The third-order valence-corrected chi connectivity index (χ3v) is 8.23. The van der Waals surface area contributed by atoms with E-state index < -0.39 is 11.1 Å². The molecule has 3 aromatic rings. The predicted octanol–water partition coefficient (Wildman–Crippen LogP) is 6.60. The van der Waals surface area contributed by atoms with E-state index in [0.29, 0.717) is 34.4 Å². The van der Waals surface area contributed by atoms with E-state index >= 15 is 0 Å². The molecule has 2 heterocycles. The average Bonchev–Trinajstić information content (AvgIpc) is 3.48. The van der Waals surface area contributed by atoms with Gasteiger partial charge >= 0.3 is 0 Å². The van der Waals surface area contributed by atoms with Crippen LogP contribution in [0.2, 0.25) is 0 Å². The van der Waals surface area contributed by atoms with Crippen LogP contribution in [0.25, 0.3) is 16.8 Å². The topological polar surface area (TPSA) is 66.9 Å². The Bertz CT molecular complexity index is 1380. The highest BCUT2D eigenvalue weighted by Crippen LogP contribution is 2.38. The lowest BCUT2D eigenvalue weighted by Gasteiger charge is -2.18. The first-order valence-corrected chi connectivity index (χ1v) is 13.9. The summed E-state index contributed by atoms with van der Waals surface area (Å²) in [6.45, 7) is 1.55. The van der Waals surface area contributed by atoms with Gasteiger partial charge in [0.25, 0.3) is 11.1 Å². The third-order valence-electron chi connectivity index (χ3n) is 6.14. The Kier molecular flexibility index (Phi) is 7.50. The zero-order valence-corrected chi connectivity index (χ0v) is 23.2. The summed E-state index contributed by atoms with van der Waals surface area (Å²) in [4.78, 5) is 40.8. The maximum absolute atomic E-state index is 12.9. The molecule has 0 unspecified atom stereocenters. The molecular formula is C27H22Br2N2O4S. The van der Waals surface area contributed by atoms with Crippen molar-refractivity contribution in [1.29, 1.82) is 0 Å². The molecule has 3 amide bonds. The van der Waals surface area contributed by atoms with E-state index in [1.165, 1.54) is 5.39 Å². The monoisotopic (exact) mass is 628 g/mol. The van der Waals surface area contributed by atoms with Crippen LogP contribution in [0.4, 0.5) is 4.79 Å². The zero-order valence-electron chi connectivity index (χ0n) is 19.2. The molecule has 2 aliphatic rings. The first-order chi connectivity index (χ1) is 17.4. The van der Waals surface area contributed by atoms with E-state index in [0.717, 1.165) is 46.0 Å². The molecule has 36 heavy (non-hydrogen) atoms. The summed E-state index contributed by atoms with van der Waals surface area (Å²) in [5.74, 6) is 0.0144. The van der Waals surface area contributed by atoms with E-state index in [4.69, 9.17) is 4.74 Å². The van der Waals surface area contributed by atoms with Crippen LogP contribution in [0, 0.1) is 0 Å². The first kappa shape index (κ1) is 25.0. The molecule has 184 valence electrons. The molecule has 0 saturated carbocycles. The number of nitrogens with zero attached hydrogens (tertiary/aromatic N) is 2. The Balaban J connectivity index is 1.28. The minimum absolute atomic E-state index is 0.186. The predicted molar refractivity (Wildman–Crippen MR) is 149 cm³/mol. The molecule has 3 aromatic carbocycles. The molecule has 0 N–H and O–H groups in total. The molecule has 9 heteroatoms. The molecule has 5 rings (SSSR count). The number of likely N-dealkylation sites (tertiary alicyclic amines) is 1. The Hall–Kier alpha value is -2.62. The van der Waals surface area contributed by atoms with Crippen LogP contribution in [0.3, 0.4) is 0 Å². The number of hydrogen-bond acceptors (Lipinski definition) is 5. The molecule has 0 bridgehead atoms. The second-order valence-electron chi connectivity index (χ2n) is 8.64. The number of rotatable bonds is 6. The van der Waals surface area contributed by atoms with Gasteiger partial charge in [-0.25, -0.2) is 0 Å². The van der Waals surface area contributed by atoms with Crippen LogP contribution in [-0.2, 0) is 16.2 Å². The zero-order chi connectivity index (χ0) is 25.2. The fourth-order valence-corrected chi connectivity index (χ4v) is 6.56. The van der Waals surface area contributed by atoms with Gasteiger partial charge in [0, 0.05) is 13.1 Å². The molecule has 2 saturated heterocycles. The van der Waals surface area contributed by atoms with Crippen molar-refractivity contribution in [3.63, 3.8) is 0 Å². The van der Waals surface area contributed by atoms with Gasteiger partial charge in [0.15, 0.2) is 0 Å². The molecule has 0 aliphatic carbocycles. The summed E-state index contributed by atoms with van der Waals surface area (Å²) in [5.41, 5.74) is 1.77. The van der Waals surface area contributed by atoms with Crippen molar-refractivity contribution in [2.45, 2.75) is 19.4 Å². The normalized spacial score (nSPS) is 17.0. The number of imide groups is 1. The van der Waals surface area contributed by atoms with Crippen molar-refractivity contribution in [3.05, 3.63) is 79.6 Å². The molecule has 2 fully saturated rings. The fourth-order valence-electron chi connectivity index (χ4n) is 4.27. The molecule has 6 nitrogen and oxygen atoms in total. The van der Waals surface area contributed by atoms with Gasteiger partial charge in [-0.05, 0) is 103 Å². The minimum atomic E-state index is -0.443. The maximum Gasteiger partial charge on any atom is 0.294 e. The van der Waals surface area contributed by atoms with Crippen LogP contribution in [0.1, 0.15) is 24.0 Å². The number of halogens is 2. The van der Waals surface area contributed by atoms with E-state index in [9.17, 15) is 14.4 Å². The largest absolute Gasteiger partial charge is 0.487 e. The molecule has 2 aliphatic heterocycles. The van der Waals surface area contributed by atoms with Crippen LogP contribution in [0.15, 0.2) is 68.4 Å². The van der Waals surface area contributed by atoms with Crippen molar-refractivity contribution >= 4 is 77.5 Å². The third kappa shape index (κ3) is 5.38. The van der Waals surface area contributed by atoms with Crippen molar-refractivity contribution in [3.8, 4) is 5.75 Å². The standard InChI is InChI=1S/C27H22Br2N2O4S/c28-21-12-18(14-23-26(33)31(27(34)36-23)15-24(32)30-9-3-4-10-30)13-22(29)25(21)35-16-17-7-8-19-5-1-2-6-20(19)11-17/h1-2,5-8,11-14H,3-4,9-10,15-16H2/b23-14+. The Morgan fingerprint density at radius 2 is 1.67 bits per heavy atom. The number of fused-ring (bicyclic) bond motifs is 1. The average molecular weight is 630 g/mol. The van der Waals surface area contributed by atoms with Crippen LogP contribution < -0.4 is 4.74 Å². The summed E-state index contributed by atoms with van der Waals surface area (Å²) in [6, 6.07) is 18.1. The van der Waals surface area contributed by atoms with Crippen LogP contribution in [0.5, 0.6) is 5.75 Å². The van der Waals surface area contributed by atoms with E-state index in [2.05, 4.69) is 56.1 Å². The van der Waals surface area contributed by atoms with Crippen molar-refractivity contribution in [1.82, 2.24) is 9.80 Å².